The lowest BCUT2D eigenvalue weighted by Crippen LogP contribution is -2.57. The molecular formula is C17H25N3O2. The van der Waals surface area contributed by atoms with Crippen LogP contribution in [0.5, 0.6) is 0 Å². The summed E-state index contributed by atoms with van der Waals surface area (Å²) in [4.78, 5) is 28.6. The minimum atomic E-state index is -0.114. The number of hydrogen-bond acceptors (Lipinski definition) is 3. The SMILES string of the molecule is CN1CCCCC12CCN(C(=O)Cn1ccccc1=O)CC2. The van der Waals surface area contributed by atoms with Crippen LogP contribution in [0.4, 0.5) is 0 Å². The van der Waals surface area contributed by atoms with Gasteiger partial charge in [-0.25, -0.2) is 0 Å². The van der Waals surface area contributed by atoms with E-state index in [0.29, 0.717) is 5.54 Å². The molecule has 120 valence electrons. The second-order valence-electron chi connectivity index (χ2n) is 6.65. The van der Waals surface area contributed by atoms with E-state index in [9.17, 15) is 9.59 Å². The van der Waals surface area contributed by atoms with Crippen molar-refractivity contribution in [3.05, 3.63) is 34.7 Å². The van der Waals surface area contributed by atoms with Gasteiger partial charge >= 0.3 is 0 Å². The zero-order valence-corrected chi connectivity index (χ0v) is 13.3. The monoisotopic (exact) mass is 303 g/mol. The number of nitrogens with zero attached hydrogens (tertiary/aromatic N) is 3. The Bertz CT molecular complexity index is 588. The highest BCUT2D eigenvalue weighted by atomic mass is 16.2. The van der Waals surface area contributed by atoms with Crippen LogP contribution in [0.1, 0.15) is 32.1 Å². The molecule has 5 nitrogen and oxygen atoms in total. The van der Waals surface area contributed by atoms with E-state index in [1.807, 2.05) is 4.90 Å². The van der Waals surface area contributed by atoms with Gasteiger partial charge in [0.15, 0.2) is 0 Å². The minimum absolute atomic E-state index is 0.0570. The molecule has 2 fully saturated rings. The summed E-state index contributed by atoms with van der Waals surface area (Å²) in [6, 6.07) is 4.99. The second kappa shape index (κ2) is 6.24. The first-order chi connectivity index (χ1) is 10.6. The van der Waals surface area contributed by atoms with Gasteiger partial charge in [-0.05, 0) is 45.3 Å². The van der Waals surface area contributed by atoms with Gasteiger partial charge in [-0.1, -0.05) is 12.5 Å². The molecule has 22 heavy (non-hydrogen) atoms. The summed E-state index contributed by atoms with van der Waals surface area (Å²) in [5.41, 5.74) is 0.190. The average molecular weight is 303 g/mol. The largest absolute Gasteiger partial charge is 0.341 e. The topological polar surface area (TPSA) is 45.5 Å². The molecule has 5 heteroatoms. The van der Waals surface area contributed by atoms with E-state index in [-0.39, 0.29) is 18.0 Å². The van der Waals surface area contributed by atoms with Crippen LogP contribution < -0.4 is 5.56 Å². The van der Waals surface area contributed by atoms with Gasteiger partial charge in [-0.15, -0.1) is 0 Å². The smallest absolute Gasteiger partial charge is 0.250 e. The fourth-order valence-electron chi connectivity index (χ4n) is 3.87. The van der Waals surface area contributed by atoms with Crippen molar-refractivity contribution in [2.24, 2.45) is 0 Å². The Hall–Kier alpha value is -1.62. The number of aromatic nitrogens is 1. The first kappa shape index (κ1) is 15.3. The van der Waals surface area contributed by atoms with Crippen molar-refractivity contribution in [3.8, 4) is 0 Å². The molecule has 0 aromatic carbocycles. The maximum atomic E-state index is 12.4. The van der Waals surface area contributed by atoms with E-state index in [0.717, 1.165) is 25.9 Å². The van der Waals surface area contributed by atoms with Crippen molar-refractivity contribution in [1.29, 1.82) is 0 Å². The van der Waals surface area contributed by atoms with Crippen molar-refractivity contribution >= 4 is 5.91 Å². The lowest BCUT2D eigenvalue weighted by atomic mass is 9.79. The molecule has 0 radical (unpaired) electrons. The van der Waals surface area contributed by atoms with Crippen LogP contribution >= 0.6 is 0 Å². The first-order valence-electron chi connectivity index (χ1n) is 8.25. The fraction of sp³-hybridized carbons (Fsp3) is 0.647. The van der Waals surface area contributed by atoms with E-state index in [1.165, 1.54) is 36.4 Å². The Labute approximate surface area is 131 Å². The molecule has 0 N–H and O–H groups in total. The summed E-state index contributed by atoms with van der Waals surface area (Å²) >= 11 is 0. The maximum absolute atomic E-state index is 12.4. The number of piperidine rings is 2. The number of likely N-dealkylation sites (tertiary alicyclic amines) is 2. The standard InChI is InChI=1S/C17H25N3O2/c1-18-10-5-3-7-17(18)8-12-19(13-9-17)16(22)14-20-11-4-2-6-15(20)21/h2,4,6,11H,3,5,7-10,12-14H2,1H3. The molecule has 2 aliphatic rings. The quantitative estimate of drug-likeness (QED) is 0.828. The van der Waals surface area contributed by atoms with Gasteiger partial charge in [-0.3, -0.25) is 9.59 Å². The highest BCUT2D eigenvalue weighted by Gasteiger charge is 2.40. The number of amides is 1. The summed E-state index contributed by atoms with van der Waals surface area (Å²) in [6.07, 6.45) is 7.64. The first-order valence-corrected chi connectivity index (χ1v) is 8.25. The second-order valence-corrected chi connectivity index (χ2v) is 6.65. The Morgan fingerprint density at radius 3 is 2.59 bits per heavy atom. The van der Waals surface area contributed by atoms with E-state index in [4.69, 9.17) is 0 Å². The number of hydrogen-bond donors (Lipinski definition) is 0. The van der Waals surface area contributed by atoms with Gasteiger partial charge in [0, 0.05) is 30.9 Å². The van der Waals surface area contributed by atoms with Crippen LogP contribution in [0.25, 0.3) is 0 Å². The summed E-state index contributed by atoms with van der Waals surface area (Å²) in [5, 5.41) is 0. The molecule has 1 aromatic rings. The van der Waals surface area contributed by atoms with Crippen LogP contribution in [-0.4, -0.2) is 52.5 Å². The number of rotatable bonds is 2. The fourth-order valence-corrected chi connectivity index (χ4v) is 3.87. The Morgan fingerprint density at radius 1 is 1.14 bits per heavy atom. The molecule has 1 amide bonds. The van der Waals surface area contributed by atoms with E-state index in [2.05, 4.69) is 11.9 Å². The van der Waals surface area contributed by atoms with Crippen LogP contribution in [-0.2, 0) is 11.3 Å². The minimum Gasteiger partial charge on any atom is -0.341 e. The number of carbonyl (C=O) groups excluding carboxylic acids is 1. The summed E-state index contributed by atoms with van der Waals surface area (Å²) in [5.74, 6) is 0.0570. The molecular weight excluding hydrogens is 278 g/mol. The van der Waals surface area contributed by atoms with Crippen LogP contribution in [0, 0.1) is 0 Å². The molecule has 3 rings (SSSR count). The lowest BCUT2D eigenvalue weighted by Gasteiger charge is -2.50. The summed E-state index contributed by atoms with van der Waals surface area (Å²) in [6.45, 7) is 2.95. The van der Waals surface area contributed by atoms with Gasteiger partial charge in [0.25, 0.3) is 5.56 Å². The molecule has 1 spiro atoms. The predicted molar refractivity (Wildman–Crippen MR) is 85.7 cm³/mol. The van der Waals surface area contributed by atoms with Crippen molar-refractivity contribution in [3.63, 3.8) is 0 Å². The van der Waals surface area contributed by atoms with E-state index >= 15 is 0 Å². The molecule has 0 bridgehead atoms. The van der Waals surface area contributed by atoms with Crippen molar-refractivity contribution in [2.45, 2.75) is 44.2 Å². The summed E-state index contributed by atoms with van der Waals surface area (Å²) < 4.78 is 1.49. The van der Waals surface area contributed by atoms with Gasteiger partial charge in [0.1, 0.15) is 6.54 Å². The average Bonchev–Trinajstić information content (AvgIpc) is 2.53. The molecule has 0 unspecified atom stereocenters. The Morgan fingerprint density at radius 2 is 1.91 bits per heavy atom. The number of carbonyl (C=O) groups is 1. The molecule has 0 saturated carbocycles. The maximum Gasteiger partial charge on any atom is 0.250 e. The third-order valence-electron chi connectivity index (χ3n) is 5.45. The van der Waals surface area contributed by atoms with Crippen molar-refractivity contribution < 1.29 is 4.79 Å². The van der Waals surface area contributed by atoms with Crippen molar-refractivity contribution in [1.82, 2.24) is 14.4 Å². The van der Waals surface area contributed by atoms with Crippen LogP contribution in [0.3, 0.4) is 0 Å². The molecule has 0 aliphatic carbocycles. The predicted octanol–water partition coefficient (Wildman–Crippen LogP) is 1.33. The van der Waals surface area contributed by atoms with Crippen LogP contribution in [0.2, 0.25) is 0 Å². The van der Waals surface area contributed by atoms with Gasteiger partial charge in [-0.2, -0.15) is 0 Å². The third kappa shape index (κ3) is 2.95. The normalized spacial score (nSPS) is 22.0. The Kier molecular flexibility index (Phi) is 4.34. The molecule has 1 aromatic heterocycles. The zero-order valence-electron chi connectivity index (χ0n) is 13.3. The van der Waals surface area contributed by atoms with Gasteiger partial charge < -0.3 is 14.4 Å². The highest BCUT2D eigenvalue weighted by Crippen LogP contribution is 2.36. The van der Waals surface area contributed by atoms with E-state index in [1.54, 1.807) is 18.3 Å². The molecule has 2 aliphatic heterocycles. The van der Waals surface area contributed by atoms with Gasteiger partial charge in [0.05, 0.1) is 0 Å². The third-order valence-corrected chi connectivity index (χ3v) is 5.45. The summed E-state index contributed by atoms with van der Waals surface area (Å²) in [7, 11) is 2.22. The lowest BCUT2D eigenvalue weighted by molar-refractivity contribution is -0.135. The molecule has 2 saturated heterocycles. The van der Waals surface area contributed by atoms with Crippen molar-refractivity contribution in [2.75, 3.05) is 26.7 Å². The highest BCUT2D eigenvalue weighted by molar-refractivity contribution is 5.76. The zero-order chi connectivity index (χ0) is 15.6. The van der Waals surface area contributed by atoms with Crippen LogP contribution in [0.15, 0.2) is 29.2 Å². The van der Waals surface area contributed by atoms with Gasteiger partial charge in [0.2, 0.25) is 5.91 Å². The molecule has 0 atom stereocenters. The number of pyridine rings is 1. The van der Waals surface area contributed by atoms with E-state index < -0.39 is 0 Å². The molecule has 3 heterocycles. The Balaban J connectivity index is 1.60.